The molecule has 1 amide bonds. The normalized spacial score (nSPS) is 18.0. The fourth-order valence-electron chi connectivity index (χ4n) is 4.52. The van der Waals surface area contributed by atoms with Crippen LogP contribution < -0.4 is 10.5 Å². The van der Waals surface area contributed by atoms with Crippen molar-refractivity contribution >= 4 is 22.5 Å². The Kier molecular flexibility index (Phi) is 3.65. The quantitative estimate of drug-likeness (QED) is 0.725. The zero-order valence-electron chi connectivity index (χ0n) is 14.9. The van der Waals surface area contributed by atoms with Crippen LogP contribution in [-0.2, 0) is 10.2 Å². The van der Waals surface area contributed by atoms with Crippen molar-refractivity contribution in [1.82, 2.24) is 4.98 Å². The van der Waals surface area contributed by atoms with Crippen molar-refractivity contribution in [3.8, 4) is 0 Å². The van der Waals surface area contributed by atoms with Gasteiger partial charge in [-0.1, -0.05) is 24.3 Å². The van der Waals surface area contributed by atoms with Gasteiger partial charge in [-0.25, -0.2) is 0 Å². The van der Waals surface area contributed by atoms with Crippen LogP contribution in [0.2, 0.25) is 0 Å². The third kappa shape index (κ3) is 2.50. The summed E-state index contributed by atoms with van der Waals surface area (Å²) >= 11 is 0. The molecule has 0 atom stereocenters. The van der Waals surface area contributed by atoms with Crippen molar-refractivity contribution in [1.29, 1.82) is 0 Å². The Morgan fingerprint density at radius 2 is 1.81 bits per heavy atom. The number of pyridine rings is 1. The first-order chi connectivity index (χ1) is 13.2. The van der Waals surface area contributed by atoms with Crippen LogP contribution in [0.1, 0.15) is 28.8 Å². The summed E-state index contributed by atoms with van der Waals surface area (Å²) in [6.07, 6.45) is 1.85. The number of hydrogen-bond donors (Lipinski definition) is 1. The van der Waals surface area contributed by atoms with Crippen molar-refractivity contribution in [3.63, 3.8) is 0 Å². The highest BCUT2D eigenvalue weighted by molar-refractivity contribution is 6.14. The van der Waals surface area contributed by atoms with Crippen molar-refractivity contribution in [2.45, 2.75) is 18.3 Å². The lowest BCUT2D eigenvalue weighted by Crippen LogP contribution is -2.40. The molecule has 0 bridgehead atoms. The Labute approximate surface area is 156 Å². The number of carbonyl (C=O) groups excluding carboxylic acids is 1. The zero-order valence-corrected chi connectivity index (χ0v) is 14.9. The summed E-state index contributed by atoms with van der Waals surface area (Å²) in [4.78, 5) is 29.9. The van der Waals surface area contributed by atoms with Gasteiger partial charge in [0.1, 0.15) is 0 Å². The SMILES string of the molecule is O=C(c1cccc2[nH]c(=O)ccc12)N1CC2(CCOCC2)c2ccccc21. The number of amides is 1. The van der Waals surface area contributed by atoms with E-state index in [1.165, 1.54) is 11.6 Å². The lowest BCUT2D eigenvalue weighted by Gasteiger charge is -2.34. The summed E-state index contributed by atoms with van der Waals surface area (Å²) in [5.41, 5.74) is 3.34. The lowest BCUT2D eigenvalue weighted by atomic mass is 9.76. The minimum Gasteiger partial charge on any atom is -0.381 e. The maximum absolute atomic E-state index is 13.5. The van der Waals surface area contributed by atoms with Gasteiger partial charge in [0.25, 0.3) is 5.91 Å². The lowest BCUT2D eigenvalue weighted by molar-refractivity contribution is 0.0547. The van der Waals surface area contributed by atoms with Gasteiger partial charge in [0.05, 0.1) is 0 Å². The highest BCUT2D eigenvalue weighted by atomic mass is 16.5. The monoisotopic (exact) mass is 360 g/mol. The molecule has 2 aliphatic heterocycles. The number of fused-ring (bicyclic) bond motifs is 3. The third-order valence-corrected chi connectivity index (χ3v) is 5.92. The number of rotatable bonds is 1. The maximum Gasteiger partial charge on any atom is 0.258 e. The van der Waals surface area contributed by atoms with Crippen LogP contribution in [0.5, 0.6) is 0 Å². The van der Waals surface area contributed by atoms with E-state index in [1.807, 2.05) is 41.3 Å². The van der Waals surface area contributed by atoms with Crippen LogP contribution in [0.3, 0.4) is 0 Å². The second-order valence-corrected chi connectivity index (χ2v) is 7.39. The van der Waals surface area contributed by atoms with Crippen molar-refractivity contribution in [3.05, 3.63) is 76.1 Å². The van der Waals surface area contributed by atoms with Gasteiger partial charge in [0.2, 0.25) is 5.56 Å². The molecule has 0 saturated carbocycles. The van der Waals surface area contributed by atoms with E-state index >= 15 is 0 Å². The zero-order chi connectivity index (χ0) is 18.4. The first-order valence-electron chi connectivity index (χ1n) is 9.29. The van der Waals surface area contributed by atoms with E-state index in [9.17, 15) is 9.59 Å². The summed E-state index contributed by atoms with van der Waals surface area (Å²) in [6.45, 7) is 2.13. The molecule has 3 heterocycles. The molecule has 1 spiro atoms. The number of nitrogens with zero attached hydrogens (tertiary/aromatic N) is 1. The van der Waals surface area contributed by atoms with Gasteiger partial charge in [-0.15, -0.1) is 0 Å². The molecule has 1 N–H and O–H groups in total. The summed E-state index contributed by atoms with van der Waals surface area (Å²) < 4.78 is 5.58. The predicted molar refractivity (Wildman–Crippen MR) is 104 cm³/mol. The van der Waals surface area contributed by atoms with Crippen LogP contribution in [0.15, 0.2) is 59.4 Å². The minimum absolute atomic E-state index is 0.0244. The molecule has 27 heavy (non-hydrogen) atoms. The molecule has 3 aromatic rings. The van der Waals surface area contributed by atoms with E-state index in [-0.39, 0.29) is 16.9 Å². The Morgan fingerprint density at radius 1 is 1.00 bits per heavy atom. The summed E-state index contributed by atoms with van der Waals surface area (Å²) in [6, 6.07) is 16.9. The van der Waals surface area contributed by atoms with E-state index in [1.54, 1.807) is 6.07 Å². The standard InChI is InChI=1S/C22H20N2O3/c25-20-9-8-15-16(4-3-6-18(15)23-20)21(26)24-14-22(10-12-27-13-11-22)17-5-1-2-7-19(17)24/h1-9H,10-14H2,(H,23,25). The van der Waals surface area contributed by atoms with Gasteiger partial charge in [0, 0.05) is 53.4 Å². The largest absolute Gasteiger partial charge is 0.381 e. The average molecular weight is 360 g/mol. The molecule has 0 unspecified atom stereocenters. The number of ether oxygens (including phenoxy) is 1. The number of anilines is 1. The summed E-state index contributed by atoms with van der Waals surface area (Å²) in [5.74, 6) is -0.0246. The topological polar surface area (TPSA) is 62.4 Å². The Hall–Kier alpha value is -2.92. The van der Waals surface area contributed by atoms with Gasteiger partial charge in [0.15, 0.2) is 0 Å². The molecule has 5 nitrogen and oxygen atoms in total. The molecule has 2 aliphatic rings. The molecule has 1 fully saturated rings. The second kappa shape index (κ2) is 6.06. The fraction of sp³-hybridized carbons (Fsp3) is 0.273. The molecular formula is C22H20N2O3. The highest BCUT2D eigenvalue weighted by Gasteiger charge is 2.45. The van der Waals surface area contributed by atoms with Crippen LogP contribution >= 0.6 is 0 Å². The summed E-state index contributed by atoms with van der Waals surface area (Å²) in [5, 5.41) is 0.771. The van der Waals surface area contributed by atoms with E-state index in [0.717, 1.165) is 37.1 Å². The fourth-order valence-corrected chi connectivity index (χ4v) is 4.52. The number of H-pyrrole nitrogens is 1. The predicted octanol–water partition coefficient (Wildman–Crippen LogP) is 3.24. The minimum atomic E-state index is -0.167. The number of aromatic amines is 1. The molecule has 2 aromatic carbocycles. The molecule has 5 heteroatoms. The van der Waals surface area contributed by atoms with Crippen LogP contribution in [-0.4, -0.2) is 30.6 Å². The smallest absolute Gasteiger partial charge is 0.258 e. The van der Waals surface area contributed by atoms with E-state index < -0.39 is 0 Å². The van der Waals surface area contributed by atoms with Gasteiger partial charge in [-0.2, -0.15) is 0 Å². The van der Waals surface area contributed by atoms with Crippen LogP contribution in [0.25, 0.3) is 10.9 Å². The van der Waals surface area contributed by atoms with E-state index in [2.05, 4.69) is 11.1 Å². The Bertz CT molecular complexity index is 1100. The van der Waals surface area contributed by atoms with Crippen molar-refractivity contribution < 1.29 is 9.53 Å². The Morgan fingerprint density at radius 3 is 2.67 bits per heavy atom. The van der Waals surface area contributed by atoms with Crippen molar-refractivity contribution in [2.75, 3.05) is 24.7 Å². The molecule has 1 saturated heterocycles. The first-order valence-corrected chi connectivity index (χ1v) is 9.29. The molecule has 0 radical (unpaired) electrons. The van der Waals surface area contributed by atoms with Gasteiger partial charge in [-0.05, 0) is 42.7 Å². The molecule has 1 aromatic heterocycles. The highest BCUT2D eigenvalue weighted by Crippen LogP contribution is 2.47. The van der Waals surface area contributed by atoms with Crippen LogP contribution in [0.4, 0.5) is 5.69 Å². The first kappa shape index (κ1) is 16.3. The Balaban J connectivity index is 1.61. The maximum atomic E-state index is 13.5. The number of para-hydroxylation sites is 1. The third-order valence-electron chi connectivity index (χ3n) is 5.92. The van der Waals surface area contributed by atoms with Gasteiger partial charge >= 0.3 is 0 Å². The van der Waals surface area contributed by atoms with E-state index in [0.29, 0.717) is 17.6 Å². The molecule has 0 aliphatic carbocycles. The molecule has 5 rings (SSSR count). The molecule has 136 valence electrons. The number of carbonyl (C=O) groups is 1. The van der Waals surface area contributed by atoms with Gasteiger partial charge < -0.3 is 14.6 Å². The number of nitrogens with one attached hydrogen (secondary N) is 1. The van der Waals surface area contributed by atoms with Crippen molar-refractivity contribution in [2.24, 2.45) is 0 Å². The second-order valence-electron chi connectivity index (χ2n) is 7.39. The van der Waals surface area contributed by atoms with Crippen LogP contribution in [0, 0.1) is 0 Å². The summed E-state index contributed by atoms with van der Waals surface area (Å²) in [7, 11) is 0. The molecular weight excluding hydrogens is 340 g/mol. The van der Waals surface area contributed by atoms with Gasteiger partial charge in [-0.3, -0.25) is 9.59 Å². The average Bonchev–Trinajstić information content (AvgIpc) is 3.01. The number of hydrogen-bond acceptors (Lipinski definition) is 3. The van der Waals surface area contributed by atoms with E-state index in [4.69, 9.17) is 4.74 Å². The number of benzene rings is 2. The number of aromatic nitrogens is 1.